The molecule has 2 aromatic rings. The molecule has 3 rings (SSSR count). The van der Waals surface area contributed by atoms with E-state index in [-0.39, 0.29) is 10.8 Å². The molecular weight excluding hydrogens is 360 g/mol. The first-order chi connectivity index (χ1) is 12.1. The van der Waals surface area contributed by atoms with Crippen LogP contribution in [0.5, 0.6) is 0 Å². The molecule has 2 heterocycles. The van der Waals surface area contributed by atoms with Crippen LogP contribution in [0.4, 0.5) is 5.69 Å². The van der Waals surface area contributed by atoms with Gasteiger partial charge in [0.15, 0.2) is 0 Å². The van der Waals surface area contributed by atoms with Gasteiger partial charge in [0, 0.05) is 17.9 Å². The molecule has 1 aromatic carbocycles. The summed E-state index contributed by atoms with van der Waals surface area (Å²) in [7, 11) is 0. The zero-order valence-corrected chi connectivity index (χ0v) is 14.5. The zero-order chi connectivity index (χ0) is 17.8. The summed E-state index contributed by atoms with van der Waals surface area (Å²) in [4.78, 5) is 26.9. The second-order valence-electron chi connectivity index (χ2n) is 4.87. The maximum Gasteiger partial charge on any atom is 0.280 e. The summed E-state index contributed by atoms with van der Waals surface area (Å²) in [6.07, 6.45) is 3.28. The van der Waals surface area contributed by atoms with Gasteiger partial charge in [-0.05, 0) is 30.0 Å². The van der Waals surface area contributed by atoms with E-state index in [4.69, 9.17) is 4.42 Å². The summed E-state index contributed by atoms with van der Waals surface area (Å²) in [6, 6.07) is 9.62. The molecule has 0 saturated carbocycles. The fourth-order valence-corrected chi connectivity index (χ4v) is 3.73. The zero-order valence-electron chi connectivity index (χ0n) is 12.9. The molecule has 0 spiro atoms. The Hall–Kier alpha value is -2.58. The molecule has 126 valence electrons. The van der Waals surface area contributed by atoms with Crippen molar-refractivity contribution in [3.05, 3.63) is 70.6 Å². The first-order valence-electron chi connectivity index (χ1n) is 7.18. The topological polar surface area (TPSA) is 85.7 Å². The van der Waals surface area contributed by atoms with Gasteiger partial charge in [-0.3, -0.25) is 14.9 Å². The number of thioether (sulfide) groups is 2. The predicted octanol–water partition coefficient (Wildman–Crippen LogP) is 4.74. The van der Waals surface area contributed by atoms with Gasteiger partial charge >= 0.3 is 0 Å². The molecule has 8 heteroatoms. The lowest BCUT2D eigenvalue weighted by molar-refractivity contribution is -0.384. The lowest BCUT2D eigenvalue weighted by atomic mass is 10.1. The normalized spacial score (nSPS) is 15.4. The van der Waals surface area contributed by atoms with Gasteiger partial charge in [-0.2, -0.15) is 0 Å². The van der Waals surface area contributed by atoms with Crippen molar-refractivity contribution in [3.63, 3.8) is 0 Å². The van der Waals surface area contributed by atoms with E-state index in [2.05, 4.69) is 11.6 Å². The van der Waals surface area contributed by atoms with Gasteiger partial charge in [-0.15, -0.1) is 6.58 Å². The molecule has 25 heavy (non-hydrogen) atoms. The van der Waals surface area contributed by atoms with Crippen molar-refractivity contribution in [1.29, 1.82) is 0 Å². The maximum absolute atomic E-state index is 12.0. The molecule has 0 bridgehead atoms. The highest BCUT2D eigenvalue weighted by molar-refractivity contribution is 8.45. The lowest BCUT2D eigenvalue weighted by Gasteiger charge is -1.98. The molecule has 1 aromatic heterocycles. The van der Waals surface area contributed by atoms with E-state index in [0.29, 0.717) is 32.9 Å². The van der Waals surface area contributed by atoms with Gasteiger partial charge in [0.2, 0.25) is 5.12 Å². The highest BCUT2D eigenvalue weighted by atomic mass is 32.2. The van der Waals surface area contributed by atoms with Crippen LogP contribution in [0, 0.1) is 10.1 Å². The van der Waals surface area contributed by atoms with Gasteiger partial charge in [0.25, 0.3) is 5.69 Å². The molecule has 1 aliphatic heterocycles. The highest BCUT2D eigenvalue weighted by Gasteiger charge is 2.23. The number of carbonyl (C=O) groups excluding carboxylic acids is 1. The van der Waals surface area contributed by atoms with Crippen LogP contribution in [0.25, 0.3) is 17.4 Å². The fourth-order valence-electron chi connectivity index (χ4n) is 2.13. The number of benzene rings is 1. The van der Waals surface area contributed by atoms with Crippen molar-refractivity contribution < 1.29 is 14.1 Å². The molecule has 0 saturated heterocycles. The molecule has 0 amide bonds. The molecule has 0 fully saturated rings. The third-order valence-electron chi connectivity index (χ3n) is 3.20. The fraction of sp³-hybridized carbons (Fsp3) is 0.0588. The van der Waals surface area contributed by atoms with Crippen LogP contribution in [-0.2, 0) is 4.79 Å². The number of carbonyl (C=O) groups is 1. The summed E-state index contributed by atoms with van der Waals surface area (Å²) in [5.74, 6) is 1.45. The highest BCUT2D eigenvalue weighted by Crippen LogP contribution is 2.34. The Kier molecular flexibility index (Phi) is 5.20. The minimum Gasteiger partial charge on any atom is -0.456 e. The number of hydrogen-bond acceptors (Lipinski definition) is 7. The van der Waals surface area contributed by atoms with Crippen molar-refractivity contribution in [2.45, 2.75) is 0 Å². The van der Waals surface area contributed by atoms with Crippen molar-refractivity contribution in [2.75, 3.05) is 5.75 Å². The standard InChI is InChI=1S/C17H12N2O4S2/c1-2-9-24-17-18-13(16(20)25-17)10-11-7-8-15(23-11)12-5-3-4-6-14(12)19(21)22/h2-8,10H,1,9H2/b13-10-. The quantitative estimate of drug-likeness (QED) is 0.326. The van der Waals surface area contributed by atoms with E-state index in [1.165, 1.54) is 23.9 Å². The number of nitro groups is 1. The third kappa shape index (κ3) is 3.92. The second kappa shape index (κ2) is 7.54. The van der Waals surface area contributed by atoms with Crippen molar-refractivity contribution in [2.24, 2.45) is 4.99 Å². The Morgan fingerprint density at radius 2 is 2.12 bits per heavy atom. The molecule has 1 aliphatic rings. The minimum absolute atomic E-state index is 0.0373. The van der Waals surface area contributed by atoms with Crippen LogP contribution < -0.4 is 0 Å². The molecule has 6 nitrogen and oxygen atoms in total. The van der Waals surface area contributed by atoms with E-state index >= 15 is 0 Å². The summed E-state index contributed by atoms with van der Waals surface area (Å²) in [5.41, 5.74) is 0.639. The van der Waals surface area contributed by atoms with Gasteiger partial charge in [-0.1, -0.05) is 30.0 Å². The lowest BCUT2D eigenvalue weighted by Crippen LogP contribution is -1.90. The van der Waals surface area contributed by atoms with Gasteiger partial charge in [0.1, 0.15) is 21.6 Å². The average molecular weight is 372 g/mol. The average Bonchev–Trinajstić information content (AvgIpc) is 3.20. The van der Waals surface area contributed by atoms with E-state index in [9.17, 15) is 14.9 Å². The van der Waals surface area contributed by atoms with Crippen LogP contribution in [0.2, 0.25) is 0 Å². The molecule has 0 unspecified atom stereocenters. The van der Waals surface area contributed by atoms with Crippen molar-refractivity contribution >= 4 is 44.8 Å². The summed E-state index contributed by atoms with van der Waals surface area (Å²) >= 11 is 2.51. The molecular formula is C17H12N2O4S2. The van der Waals surface area contributed by atoms with Crippen LogP contribution in [-0.4, -0.2) is 20.2 Å². The van der Waals surface area contributed by atoms with Crippen molar-refractivity contribution in [3.8, 4) is 11.3 Å². The van der Waals surface area contributed by atoms with Gasteiger partial charge in [-0.25, -0.2) is 4.99 Å². The summed E-state index contributed by atoms with van der Waals surface area (Å²) < 4.78 is 6.32. The number of rotatable bonds is 5. The van der Waals surface area contributed by atoms with E-state index in [1.54, 1.807) is 36.4 Å². The second-order valence-corrected chi connectivity index (χ2v) is 7.10. The first kappa shape index (κ1) is 17.2. The molecule has 0 atom stereocenters. The number of aliphatic imine (C=N–C) groups is 1. The van der Waals surface area contributed by atoms with Gasteiger partial charge in [0.05, 0.1) is 10.5 Å². The largest absolute Gasteiger partial charge is 0.456 e. The Bertz CT molecular complexity index is 915. The number of nitro benzene ring substituents is 1. The first-order valence-corrected chi connectivity index (χ1v) is 8.98. The van der Waals surface area contributed by atoms with E-state index in [1.807, 2.05) is 0 Å². The number of hydrogen-bond donors (Lipinski definition) is 0. The Balaban J connectivity index is 1.88. The molecule has 0 N–H and O–H groups in total. The third-order valence-corrected chi connectivity index (χ3v) is 5.20. The van der Waals surface area contributed by atoms with Crippen LogP contribution in [0.15, 0.2) is 64.2 Å². The van der Waals surface area contributed by atoms with Crippen LogP contribution in [0.3, 0.4) is 0 Å². The monoisotopic (exact) mass is 372 g/mol. The van der Waals surface area contributed by atoms with E-state index in [0.717, 1.165) is 11.8 Å². The SMILES string of the molecule is C=CCSC1=N/C(=C\c2ccc(-c3ccccc3[N+](=O)[O-])o2)C(=O)S1. The molecule has 0 radical (unpaired) electrons. The van der Waals surface area contributed by atoms with Crippen LogP contribution >= 0.6 is 23.5 Å². The number of para-hydroxylation sites is 1. The summed E-state index contributed by atoms with van der Waals surface area (Å²) in [6.45, 7) is 3.63. The molecule has 0 aliphatic carbocycles. The van der Waals surface area contributed by atoms with Crippen molar-refractivity contribution in [1.82, 2.24) is 0 Å². The number of furan rings is 1. The Morgan fingerprint density at radius 3 is 2.88 bits per heavy atom. The minimum atomic E-state index is -0.458. The Morgan fingerprint density at radius 1 is 1.32 bits per heavy atom. The predicted molar refractivity (Wildman–Crippen MR) is 101 cm³/mol. The Labute approximate surface area is 151 Å². The maximum atomic E-state index is 12.0. The number of nitrogens with zero attached hydrogens (tertiary/aromatic N) is 2. The van der Waals surface area contributed by atoms with E-state index < -0.39 is 4.92 Å². The smallest absolute Gasteiger partial charge is 0.280 e. The van der Waals surface area contributed by atoms with Gasteiger partial charge < -0.3 is 4.42 Å². The van der Waals surface area contributed by atoms with Crippen LogP contribution in [0.1, 0.15) is 5.76 Å². The summed E-state index contributed by atoms with van der Waals surface area (Å²) in [5, 5.41) is 11.0.